The van der Waals surface area contributed by atoms with E-state index in [2.05, 4.69) is 15.1 Å². The molecule has 4 N–H and O–H groups in total. The Hall–Kier alpha value is -1.16. The van der Waals surface area contributed by atoms with E-state index in [1.54, 1.807) is 11.6 Å². The molecule has 1 unspecified atom stereocenters. The Morgan fingerprint density at radius 2 is 2.15 bits per heavy atom. The van der Waals surface area contributed by atoms with Crippen molar-refractivity contribution < 1.29 is 8.42 Å². The highest BCUT2D eigenvalue weighted by atomic mass is 32.2. The van der Waals surface area contributed by atoms with Crippen molar-refractivity contribution in [1.82, 2.24) is 14.1 Å². The van der Waals surface area contributed by atoms with Gasteiger partial charge in [0.15, 0.2) is 10.8 Å². The molecule has 2 aromatic heterocycles. The molecule has 0 saturated carbocycles. The predicted octanol–water partition coefficient (Wildman–Crippen LogP) is 1.39. The summed E-state index contributed by atoms with van der Waals surface area (Å²) >= 11 is 1.35. The van der Waals surface area contributed by atoms with Crippen LogP contribution in [0.25, 0.3) is 4.96 Å². The summed E-state index contributed by atoms with van der Waals surface area (Å²) in [4.78, 5) is 4.73. The summed E-state index contributed by atoms with van der Waals surface area (Å²) in [6.07, 6.45) is 2.42. The first-order chi connectivity index (χ1) is 9.35. The summed E-state index contributed by atoms with van der Waals surface area (Å²) in [5, 5.41) is 1.82. The lowest BCUT2D eigenvalue weighted by Crippen LogP contribution is -2.34. The van der Waals surface area contributed by atoms with Crippen LogP contribution in [-0.4, -0.2) is 23.8 Å². The molecule has 2 heterocycles. The summed E-state index contributed by atoms with van der Waals surface area (Å²) in [5.41, 5.74) is 2.35. The van der Waals surface area contributed by atoms with E-state index in [1.165, 1.54) is 15.7 Å². The number of hydrogen-bond acceptors (Lipinski definition) is 6. The van der Waals surface area contributed by atoms with Gasteiger partial charge in [-0.15, -0.1) is 11.3 Å². The molecule has 112 valence electrons. The number of nitrogens with two attached hydrogens (primary N) is 1. The van der Waals surface area contributed by atoms with Crippen molar-refractivity contribution in [2.24, 2.45) is 11.8 Å². The van der Waals surface area contributed by atoms with Crippen LogP contribution in [0.1, 0.15) is 27.2 Å². The molecule has 2 aromatic rings. The first kappa shape index (κ1) is 15.2. The van der Waals surface area contributed by atoms with Crippen molar-refractivity contribution >= 4 is 32.1 Å². The number of nitrogens with zero attached hydrogens (tertiary/aromatic N) is 2. The normalized spacial score (nSPS) is 14.1. The van der Waals surface area contributed by atoms with Gasteiger partial charge in [0.25, 0.3) is 10.0 Å². The number of imidazole rings is 1. The number of nitrogens with one attached hydrogen (secondary N) is 2. The van der Waals surface area contributed by atoms with E-state index in [0.29, 0.717) is 10.9 Å². The van der Waals surface area contributed by atoms with E-state index in [1.807, 2.05) is 20.8 Å². The summed E-state index contributed by atoms with van der Waals surface area (Å²) in [6.45, 7) is 5.94. The number of rotatable bonds is 6. The van der Waals surface area contributed by atoms with Crippen LogP contribution in [0.2, 0.25) is 0 Å². The van der Waals surface area contributed by atoms with E-state index in [9.17, 15) is 8.42 Å². The van der Waals surface area contributed by atoms with Gasteiger partial charge in [0.1, 0.15) is 0 Å². The molecule has 0 aliphatic heterocycles. The third kappa shape index (κ3) is 2.95. The maximum absolute atomic E-state index is 12.5. The van der Waals surface area contributed by atoms with Crippen molar-refractivity contribution in [2.45, 2.75) is 38.3 Å². The molecule has 0 saturated heterocycles. The number of fused-ring (bicyclic) bond motifs is 1. The van der Waals surface area contributed by atoms with E-state index in [0.717, 1.165) is 6.42 Å². The Bertz CT molecular complexity index is 689. The molecular formula is C11H19N5O2S2. The molecule has 0 spiro atoms. The molecule has 0 aliphatic rings. The van der Waals surface area contributed by atoms with Crippen LogP contribution in [0, 0.1) is 5.92 Å². The van der Waals surface area contributed by atoms with Crippen LogP contribution >= 0.6 is 11.3 Å². The topological polar surface area (TPSA) is 102 Å². The fourth-order valence-electron chi connectivity index (χ4n) is 2.19. The number of hydrogen-bond donors (Lipinski definition) is 3. The minimum absolute atomic E-state index is 0.0480. The fourth-order valence-corrected chi connectivity index (χ4v) is 4.47. The third-order valence-electron chi connectivity index (χ3n) is 2.79. The minimum Gasteiger partial charge on any atom is -0.306 e. The van der Waals surface area contributed by atoms with Crippen LogP contribution in [0.5, 0.6) is 0 Å². The Balaban J connectivity index is 2.38. The maximum atomic E-state index is 12.5. The minimum atomic E-state index is -3.69. The lowest BCUT2D eigenvalue weighted by atomic mass is 10.1. The van der Waals surface area contributed by atoms with Crippen LogP contribution in [0.3, 0.4) is 0 Å². The Kier molecular flexibility index (Phi) is 4.33. The predicted molar refractivity (Wildman–Crippen MR) is 80.1 cm³/mol. The smallest absolute Gasteiger partial charge is 0.260 e. The first-order valence-corrected chi connectivity index (χ1v) is 8.66. The summed E-state index contributed by atoms with van der Waals surface area (Å²) in [5.74, 6) is 5.93. The number of nitrogen functional groups attached to an aromatic ring is 1. The monoisotopic (exact) mass is 317 g/mol. The molecule has 9 heteroatoms. The summed E-state index contributed by atoms with van der Waals surface area (Å²) in [6, 6.07) is -0.158. The van der Waals surface area contributed by atoms with Crippen LogP contribution in [0.4, 0.5) is 5.82 Å². The Morgan fingerprint density at radius 3 is 2.75 bits per heavy atom. The molecule has 7 nitrogen and oxygen atoms in total. The van der Waals surface area contributed by atoms with Crippen LogP contribution in [-0.2, 0) is 10.0 Å². The van der Waals surface area contributed by atoms with Crippen molar-refractivity contribution in [1.29, 1.82) is 0 Å². The zero-order valence-corrected chi connectivity index (χ0v) is 13.3. The first-order valence-electron chi connectivity index (χ1n) is 6.29. The van der Waals surface area contributed by atoms with Crippen molar-refractivity contribution in [3.05, 3.63) is 11.6 Å². The van der Waals surface area contributed by atoms with Gasteiger partial charge in [0.05, 0.1) is 0 Å². The van der Waals surface area contributed by atoms with E-state index in [4.69, 9.17) is 5.84 Å². The molecule has 0 bridgehead atoms. The van der Waals surface area contributed by atoms with Crippen molar-refractivity contribution in [3.63, 3.8) is 0 Å². The SMILES string of the molecule is CC(C)CC(C)NS(=O)(=O)c1c(NN)nc2sccn12. The lowest BCUT2D eigenvalue weighted by molar-refractivity contribution is 0.481. The highest BCUT2D eigenvalue weighted by Gasteiger charge is 2.27. The molecule has 0 amide bonds. The number of aromatic nitrogens is 2. The van der Waals surface area contributed by atoms with Crippen molar-refractivity contribution in [2.75, 3.05) is 5.43 Å². The van der Waals surface area contributed by atoms with Crippen LogP contribution in [0.15, 0.2) is 16.6 Å². The zero-order valence-electron chi connectivity index (χ0n) is 11.6. The third-order valence-corrected chi connectivity index (χ3v) is 5.16. The largest absolute Gasteiger partial charge is 0.306 e. The fraction of sp³-hybridized carbons (Fsp3) is 0.545. The van der Waals surface area contributed by atoms with Gasteiger partial charge in [-0.2, -0.15) is 4.98 Å². The average Bonchev–Trinajstić information content (AvgIpc) is 2.84. The van der Waals surface area contributed by atoms with Crippen molar-refractivity contribution in [3.8, 4) is 0 Å². The lowest BCUT2D eigenvalue weighted by Gasteiger charge is -2.16. The molecule has 20 heavy (non-hydrogen) atoms. The van der Waals surface area contributed by atoms with Gasteiger partial charge in [0, 0.05) is 17.6 Å². The number of hydrazine groups is 1. The van der Waals surface area contributed by atoms with Gasteiger partial charge in [0.2, 0.25) is 5.03 Å². The van der Waals surface area contributed by atoms with Gasteiger partial charge in [-0.25, -0.2) is 19.0 Å². The second-order valence-electron chi connectivity index (χ2n) is 5.12. The average molecular weight is 317 g/mol. The zero-order chi connectivity index (χ0) is 14.9. The number of thiazole rings is 1. The summed E-state index contributed by atoms with van der Waals surface area (Å²) < 4.78 is 29.2. The molecular weight excluding hydrogens is 298 g/mol. The van der Waals surface area contributed by atoms with Gasteiger partial charge >= 0.3 is 0 Å². The van der Waals surface area contributed by atoms with Gasteiger partial charge < -0.3 is 5.43 Å². The molecule has 2 rings (SSSR count). The van der Waals surface area contributed by atoms with E-state index < -0.39 is 10.0 Å². The number of anilines is 1. The molecule has 0 fully saturated rings. The van der Waals surface area contributed by atoms with E-state index >= 15 is 0 Å². The highest BCUT2D eigenvalue weighted by Crippen LogP contribution is 2.25. The summed E-state index contributed by atoms with van der Waals surface area (Å²) in [7, 11) is -3.69. The van der Waals surface area contributed by atoms with Gasteiger partial charge in [-0.05, 0) is 19.3 Å². The van der Waals surface area contributed by atoms with E-state index in [-0.39, 0.29) is 16.9 Å². The molecule has 0 aromatic carbocycles. The Morgan fingerprint density at radius 1 is 1.45 bits per heavy atom. The molecule has 1 atom stereocenters. The second kappa shape index (κ2) is 5.68. The highest BCUT2D eigenvalue weighted by molar-refractivity contribution is 7.89. The Labute approximate surface area is 122 Å². The standard InChI is InChI=1S/C11H19N5O2S2/c1-7(2)6-8(3)15-20(17,18)10-9(14-12)13-11-16(10)4-5-19-11/h4-5,7-8,14-15H,6,12H2,1-3H3. The number of sulfonamides is 1. The molecule has 0 aliphatic carbocycles. The second-order valence-corrected chi connectivity index (χ2v) is 7.62. The molecule has 0 radical (unpaired) electrons. The maximum Gasteiger partial charge on any atom is 0.260 e. The quantitative estimate of drug-likeness (QED) is 0.552. The van der Waals surface area contributed by atoms with Crippen LogP contribution < -0.4 is 16.0 Å². The van der Waals surface area contributed by atoms with Gasteiger partial charge in [-0.1, -0.05) is 13.8 Å². The van der Waals surface area contributed by atoms with Gasteiger partial charge in [-0.3, -0.25) is 4.40 Å².